The number of carboxylic acids is 1. The minimum atomic E-state index is -0.732. The normalized spacial score (nSPS) is 13.0. The molecule has 4 nitrogen and oxygen atoms in total. The maximum atomic E-state index is 12.5. The predicted molar refractivity (Wildman–Crippen MR) is 190 cm³/mol. The Bertz CT molecular complexity index is 789. The Morgan fingerprint density at radius 2 is 1.02 bits per heavy atom. The third-order valence-electron chi connectivity index (χ3n) is 7.71. The number of hydrogen-bond donors (Lipinski definition) is 1. The molecular formula is C40H68O4. The molecule has 44 heavy (non-hydrogen) atoms. The number of aliphatic carboxylic acids is 1. The highest BCUT2D eigenvalue weighted by Crippen LogP contribution is 2.15. The molecule has 0 aromatic rings. The molecule has 1 N–H and O–H groups in total. The molecule has 0 heterocycles. The van der Waals surface area contributed by atoms with Crippen LogP contribution >= 0.6 is 0 Å². The Hall–Kier alpha value is -2.36. The van der Waals surface area contributed by atoms with Crippen LogP contribution in [0.4, 0.5) is 0 Å². The number of hydrogen-bond acceptors (Lipinski definition) is 3. The second-order valence-corrected chi connectivity index (χ2v) is 12.0. The van der Waals surface area contributed by atoms with Crippen molar-refractivity contribution in [3.8, 4) is 0 Å². The highest BCUT2D eigenvalue weighted by Gasteiger charge is 2.11. The molecule has 0 amide bonds. The van der Waals surface area contributed by atoms with Crippen molar-refractivity contribution in [1.29, 1.82) is 0 Å². The van der Waals surface area contributed by atoms with Gasteiger partial charge in [-0.25, -0.2) is 0 Å². The zero-order chi connectivity index (χ0) is 32.2. The van der Waals surface area contributed by atoms with Crippen molar-refractivity contribution in [2.45, 2.75) is 180 Å². The zero-order valence-electron chi connectivity index (χ0n) is 28.7. The number of carbonyl (C=O) groups excluding carboxylic acids is 1. The van der Waals surface area contributed by atoms with Gasteiger partial charge < -0.3 is 9.84 Å². The number of unbranched alkanes of at least 4 members (excludes halogenated alkanes) is 15. The molecule has 0 radical (unpaired) electrons. The highest BCUT2D eigenvalue weighted by molar-refractivity contribution is 5.69. The van der Waals surface area contributed by atoms with Crippen molar-refractivity contribution in [2.75, 3.05) is 0 Å². The molecule has 0 saturated carbocycles. The fourth-order valence-corrected chi connectivity index (χ4v) is 5.03. The van der Waals surface area contributed by atoms with Gasteiger partial charge in [0.25, 0.3) is 0 Å². The third kappa shape index (κ3) is 34.1. The molecule has 4 heteroatoms. The van der Waals surface area contributed by atoms with Crippen molar-refractivity contribution in [2.24, 2.45) is 0 Å². The molecule has 0 spiro atoms. The number of carboxylic acid groups (broad SMARTS) is 1. The number of esters is 1. The van der Waals surface area contributed by atoms with Gasteiger partial charge in [-0.3, -0.25) is 9.59 Å². The lowest BCUT2D eigenvalue weighted by atomic mass is 10.1. The molecular weight excluding hydrogens is 544 g/mol. The number of rotatable bonds is 32. The molecule has 0 aliphatic rings. The average molecular weight is 613 g/mol. The van der Waals surface area contributed by atoms with Crippen LogP contribution in [0.2, 0.25) is 0 Å². The minimum Gasteiger partial charge on any atom is -0.481 e. The summed E-state index contributed by atoms with van der Waals surface area (Å²) >= 11 is 0. The van der Waals surface area contributed by atoms with E-state index in [1.54, 1.807) is 0 Å². The van der Waals surface area contributed by atoms with Crippen molar-refractivity contribution in [3.63, 3.8) is 0 Å². The van der Waals surface area contributed by atoms with Crippen LogP contribution in [0.3, 0.4) is 0 Å². The van der Waals surface area contributed by atoms with E-state index in [0.29, 0.717) is 12.8 Å². The van der Waals surface area contributed by atoms with E-state index in [-0.39, 0.29) is 18.5 Å². The van der Waals surface area contributed by atoms with Crippen LogP contribution in [0.25, 0.3) is 0 Å². The van der Waals surface area contributed by atoms with Crippen LogP contribution < -0.4 is 0 Å². The Kier molecular flexibility index (Phi) is 33.2. The molecule has 0 saturated heterocycles. The van der Waals surface area contributed by atoms with Crippen molar-refractivity contribution >= 4 is 11.9 Å². The molecule has 0 aliphatic carbocycles. The van der Waals surface area contributed by atoms with Gasteiger partial charge in [-0.05, 0) is 83.1 Å². The van der Waals surface area contributed by atoms with E-state index in [9.17, 15) is 9.59 Å². The maximum Gasteiger partial charge on any atom is 0.306 e. The fraction of sp³-hybridized carbons (Fsp3) is 0.700. The Morgan fingerprint density at radius 1 is 0.545 bits per heavy atom. The van der Waals surface area contributed by atoms with Gasteiger partial charge in [-0.2, -0.15) is 0 Å². The Balaban J connectivity index is 3.98. The summed E-state index contributed by atoms with van der Waals surface area (Å²) in [6.45, 7) is 4.39. The Labute approximate surface area is 272 Å². The van der Waals surface area contributed by atoms with E-state index in [0.717, 1.165) is 64.2 Å². The first-order valence-corrected chi connectivity index (χ1v) is 18.3. The zero-order valence-corrected chi connectivity index (χ0v) is 28.7. The standard InChI is InChI=1S/C40H68O4/c1-3-5-7-9-11-13-14-15-16-17-18-19-20-21-22-23-25-27-33-37-40(43)44-38(35-31-28-29-32-36-39(41)42)34-30-26-24-12-10-8-6-4-2/h6,8,11-13,15-16,24,30,34,38H,3-5,7,9-10,14,17-23,25-29,31-33,35-37H2,1-2H3,(H,41,42)/b8-6-,13-11-,16-15-,24-12-,34-30-. The number of ether oxygens (including phenoxy) is 1. The summed E-state index contributed by atoms with van der Waals surface area (Å²) in [5.41, 5.74) is 0. The minimum absolute atomic E-state index is 0.0946. The van der Waals surface area contributed by atoms with Gasteiger partial charge in [-0.1, -0.05) is 139 Å². The van der Waals surface area contributed by atoms with Gasteiger partial charge in [0.2, 0.25) is 0 Å². The molecule has 1 unspecified atom stereocenters. The third-order valence-corrected chi connectivity index (χ3v) is 7.71. The van der Waals surface area contributed by atoms with Gasteiger partial charge >= 0.3 is 11.9 Å². The first-order chi connectivity index (χ1) is 21.6. The first-order valence-electron chi connectivity index (χ1n) is 18.3. The van der Waals surface area contributed by atoms with Gasteiger partial charge in [0.15, 0.2) is 0 Å². The van der Waals surface area contributed by atoms with Crippen LogP contribution in [0, 0.1) is 0 Å². The van der Waals surface area contributed by atoms with E-state index < -0.39 is 5.97 Å². The van der Waals surface area contributed by atoms with Crippen molar-refractivity contribution in [3.05, 3.63) is 60.8 Å². The highest BCUT2D eigenvalue weighted by atomic mass is 16.5. The molecule has 0 aliphatic heterocycles. The number of allylic oxidation sites excluding steroid dienone is 9. The first kappa shape index (κ1) is 41.6. The predicted octanol–water partition coefficient (Wildman–Crippen LogP) is 12.6. The Morgan fingerprint density at radius 3 is 1.61 bits per heavy atom. The summed E-state index contributed by atoms with van der Waals surface area (Å²) in [6, 6.07) is 0. The second kappa shape index (κ2) is 35.1. The van der Waals surface area contributed by atoms with Crippen molar-refractivity contribution < 1.29 is 19.4 Å². The summed E-state index contributed by atoms with van der Waals surface area (Å²) in [7, 11) is 0. The number of carbonyl (C=O) groups is 2. The molecule has 252 valence electrons. The van der Waals surface area contributed by atoms with Gasteiger partial charge in [0.05, 0.1) is 0 Å². The van der Waals surface area contributed by atoms with E-state index >= 15 is 0 Å². The van der Waals surface area contributed by atoms with Crippen LogP contribution in [-0.2, 0) is 14.3 Å². The largest absolute Gasteiger partial charge is 0.481 e. The van der Waals surface area contributed by atoms with Gasteiger partial charge in [0.1, 0.15) is 6.10 Å². The molecule has 0 bridgehead atoms. The summed E-state index contributed by atoms with van der Waals surface area (Å²) in [5.74, 6) is -0.827. The summed E-state index contributed by atoms with van der Waals surface area (Å²) in [4.78, 5) is 23.2. The molecule has 0 fully saturated rings. The second-order valence-electron chi connectivity index (χ2n) is 12.0. The summed E-state index contributed by atoms with van der Waals surface area (Å²) < 4.78 is 5.83. The van der Waals surface area contributed by atoms with E-state index in [1.807, 2.05) is 6.08 Å². The smallest absolute Gasteiger partial charge is 0.306 e. The van der Waals surface area contributed by atoms with Crippen LogP contribution in [0.15, 0.2) is 60.8 Å². The molecule has 0 aromatic carbocycles. The SMILES string of the molecule is CC/C=C\C/C=C\C/C=C\C(CCCCCCC(=O)O)OC(=O)CCCCCCCCCCC/C=C\C/C=C\CCCCC. The monoisotopic (exact) mass is 613 g/mol. The lowest BCUT2D eigenvalue weighted by Gasteiger charge is -2.14. The van der Waals surface area contributed by atoms with Crippen molar-refractivity contribution in [1.82, 2.24) is 0 Å². The van der Waals surface area contributed by atoms with E-state index in [4.69, 9.17) is 9.84 Å². The average Bonchev–Trinajstić information content (AvgIpc) is 3.01. The van der Waals surface area contributed by atoms with Gasteiger partial charge in [0, 0.05) is 12.8 Å². The summed E-state index contributed by atoms with van der Waals surface area (Å²) in [5, 5.41) is 8.80. The van der Waals surface area contributed by atoms with E-state index in [1.165, 1.54) is 77.0 Å². The van der Waals surface area contributed by atoms with Crippen LogP contribution in [0.1, 0.15) is 174 Å². The maximum absolute atomic E-state index is 12.5. The van der Waals surface area contributed by atoms with Crippen LogP contribution in [-0.4, -0.2) is 23.1 Å². The quantitative estimate of drug-likeness (QED) is 0.0466. The molecule has 1 atom stereocenters. The summed E-state index contributed by atoms with van der Waals surface area (Å²) in [6.07, 6.45) is 48.2. The lowest BCUT2D eigenvalue weighted by molar-refractivity contribution is -0.147. The van der Waals surface area contributed by atoms with E-state index in [2.05, 4.69) is 68.5 Å². The molecule has 0 rings (SSSR count). The van der Waals surface area contributed by atoms with Crippen LogP contribution in [0.5, 0.6) is 0 Å². The topological polar surface area (TPSA) is 63.6 Å². The van der Waals surface area contributed by atoms with Gasteiger partial charge in [-0.15, -0.1) is 0 Å². The fourth-order valence-electron chi connectivity index (χ4n) is 5.03. The lowest BCUT2D eigenvalue weighted by Crippen LogP contribution is -2.16. The molecule has 0 aromatic heterocycles.